The van der Waals surface area contributed by atoms with Gasteiger partial charge in [-0.15, -0.1) is 0 Å². The average molecular weight is 357 g/mol. The fourth-order valence-corrected chi connectivity index (χ4v) is 2.59. The predicted molar refractivity (Wildman–Crippen MR) is 80.3 cm³/mol. The monoisotopic (exact) mass is 356 g/mol. The molecule has 1 unspecified atom stereocenters. The van der Waals surface area contributed by atoms with Gasteiger partial charge in [0.05, 0.1) is 5.02 Å². The number of carbonyl (C=O) groups is 2. The number of ketones is 1. The first kappa shape index (κ1) is 15.6. The van der Waals surface area contributed by atoms with Crippen LogP contribution in [0.3, 0.4) is 0 Å². The van der Waals surface area contributed by atoms with E-state index < -0.39 is 11.2 Å². The van der Waals surface area contributed by atoms with Crippen LogP contribution in [-0.2, 0) is 11.3 Å². The van der Waals surface area contributed by atoms with Crippen LogP contribution in [0.4, 0.5) is 0 Å². The minimum atomic E-state index is -2.39. The number of benzene rings is 1. The maximum Gasteiger partial charge on any atom is 0.436 e. The number of nitrogens with zero attached hydrogens (tertiary/aromatic N) is 2. The van der Waals surface area contributed by atoms with E-state index in [1.807, 2.05) is 6.92 Å². The van der Waals surface area contributed by atoms with Crippen molar-refractivity contribution in [3.8, 4) is 11.5 Å². The Kier molecular flexibility index (Phi) is 3.69. The number of ether oxygens (including phenoxy) is 2. The highest BCUT2D eigenvalue weighted by Gasteiger charge is 2.49. The van der Waals surface area contributed by atoms with Crippen LogP contribution in [-0.4, -0.2) is 31.9 Å². The molecule has 1 aromatic carbocycles. The van der Waals surface area contributed by atoms with Crippen molar-refractivity contribution >= 4 is 35.0 Å². The number of hydrogen-bond acceptors (Lipinski definition) is 5. The molecule has 0 saturated carbocycles. The summed E-state index contributed by atoms with van der Waals surface area (Å²) < 4.78 is 11.7. The van der Waals surface area contributed by atoms with E-state index in [-0.39, 0.29) is 27.9 Å². The van der Waals surface area contributed by atoms with Gasteiger partial charge in [-0.3, -0.25) is 9.48 Å². The number of aliphatic carboxylic acids is 1. The number of rotatable bonds is 4. The number of fused-ring (bicyclic) bond motifs is 1. The molecule has 1 aromatic heterocycles. The average Bonchev–Trinajstić information content (AvgIpc) is 3.10. The molecule has 2 aromatic rings. The van der Waals surface area contributed by atoms with Gasteiger partial charge < -0.3 is 14.6 Å². The number of alkyl halides is 1. The van der Waals surface area contributed by atoms with Gasteiger partial charge in [-0.1, -0.05) is 11.6 Å². The molecule has 1 N–H and O–H groups in total. The predicted octanol–water partition coefficient (Wildman–Crippen LogP) is 2.54. The number of aryl methyl sites for hydroxylation is 1. The topological polar surface area (TPSA) is 90.7 Å². The van der Waals surface area contributed by atoms with Crippen LogP contribution in [0, 0.1) is 0 Å². The van der Waals surface area contributed by atoms with Gasteiger partial charge >= 0.3 is 11.2 Å². The molecule has 7 nitrogen and oxygen atoms in total. The van der Waals surface area contributed by atoms with Crippen molar-refractivity contribution in [1.29, 1.82) is 0 Å². The Labute approximate surface area is 140 Å². The van der Waals surface area contributed by atoms with E-state index in [2.05, 4.69) is 5.10 Å². The van der Waals surface area contributed by atoms with E-state index in [1.165, 1.54) is 23.0 Å². The number of carbonyl (C=O) groups excluding carboxylic acids is 1. The van der Waals surface area contributed by atoms with Crippen LogP contribution in [0.2, 0.25) is 5.02 Å². The van der Waals surface area contributed by atoms with Gasteiger partial charge in [0.25, 0.3) is 0 Å². The molecule has 0 spiro atoms. The van der Waals surface area contributed by atoms with Crippen LogP contribution in [0.1, 0.15) is 23.0 Å². The lowest BCUT2D eigenvalue weighted by Gasteiger charge is -2.13. The lowest BCUT2D eigenvalue weighted by Crippen LogP contribution is -2.40. The van der Waals surface area contributed by atoms with Crippen LogP contribution in [0.5, 0.6) is 11.5 Å². The summed E-state index contributed by atoms with van der Waals surface area (Å²) in [5.41, 5.74) is 0.580. The van der Waals surface area contributed by atoms with E-state index in [4.69, 9.17) is 37.8 Å². The normalized spacial score (nSPS) is 18.9. The van der Waals surface area contributed by atoms with Crippen molar-refractivity contribution in [2.75, 3.05) is 0 Å². The summed E-state index contributed by atoms with van der Waals surface area (Å²) in [5.74, 6) is -1.89. The summed E-state index contributed by atoms with van der Waals surface area (Å²) in [4.78, 5) is 23.7. The van der Waals surface area contributed by atoms with Crippen molar-refractivity contribution in [2.45, 2.75) is 18.7 Å². The highest BCUT2D eigenvalue weighted by atomic mass is 35.5. The minimum absolute atomic E-state index is 0.0131. The molecule has 1 aliphatic heterocycles. The van der Waals surface area contributed by atoms with E-state index in [1.54, 1.807) is 6.07 Å². The Morgan fingerprint density at radius 1 is 1.39 bits per heavy atom. The quantitative estimate of drug-likeness (QED) is 0.668. The van der Waals surface area contributed by atoms with Gasteiger partial charge in [0.15, 0.2) is 11.5 Å². The molecule has 1 aliphatic rings. The van der Waals surface area contributed by atoms with Crippen LogP contribution < -0.4 is 9.47 Å². The molecule has 1 atom stereocenters. The highest BCUT2D eigenvalue weighted by molar-refractivity contribution is 6.34. The second-order valence-electron chi connectivity index (χ2n) is 4.69. The molecule has 9 heteroatoms. The summed E-state index contributed by atoms with van der Waals surface area (Å²) in [5, 5.41) is 10.7. The molecule has 0 aliphatic carbocycles. The molecule has 0 fully saturated rings. The molecule has 0 saturated heterocycles. The largest absolute Gasteiger partial charge is 0.474 e. The Hall–Kier alpha value is -2.25. The number of aromatic nitrogens is 2. The van der Waals surface area contributed by atoms with Gasteiger partial charge in [0, 0.05) is 18.3 Å². The lowest BCUT2D eigenvalue weighted by molar-refractivity contribution is -0.161. The maximum atomic E-state index is 12.6. The lowest BCUT2D eigenvalue weighted by atomic mass is 10.1. The zero-order valence-corrected chi connectivity index (χ0v) is 13.3. The first-order valence-electron chi connectivity index (χ1n) is 6.56. The molecule has 23 heavy (non-hydrogen) atoms. The van der Waals surface area contributed by atoms with E-state index >= 15 is 0 Å². The van der Waals surface area contributed by atoms with E-state index in [0.717, 1.165) is 0 Å². The van der Waals surface area contributed by atoms with E-state index in [0.29, 0.717) is 12.2 Å². The van der Waals surface area contributed by atoms with Crippen molar-refractivity contribution in [3.63, 3.8) is 0 Å². The third-order valence-electron chi connectivity index (χ3n) is 3.25. The molecule has 0 amide bonds. The van der Waals surface area contributed by atoms with E-state index in [9.17, 15) is 9.59 Å². The summed E-state index contributed by atoms with van der Waals surface area (Å²) in [7, 11) is 0. The molecule has 2 heterocycles. The second kappa shape index (κ2) is 5.43. The Balaban J connectivity index is 2.01. The van der Waals surface area contributed by atoms with Gasteiger partial charge in [-0.2, -0.15) is 5.10 Å². The fraction of sp³-hybridized carbons (Fsp3) is 0.214. The SMILES string of the molecule is CCn1nccc1C(=O)c1cc(Cl)c2c(c1)OC(Cl)(C(=O)O)O2. The number of carboxylic acids is 1. The maximum absolute atomic E-state index is 12.6. The third kappa shape index (κ3) is 2.51. The summed E-state index contributed by atoms with van der Waals surface area (Å²) >= 11 is 11.8. The van der Waals surface area contributed by atoms with Crippen LogP contribution in [0.15, 0.2) is 24.4 Å². The number of halogens is 2. The first-order chi connectivity index (χ1) is 10.9. The van der Waals surface area contributed by atoms with Gasteiger partial charge in [-0.25, -0.2) is 4.79 Å². The molecular weight excluding hydrogens is 347 g/mol. The Bertz CT molecular complexity index is 819. The van der Waals surface area contributed by atoms with Crippen molar-refractivity contribution in [2.24, 2.45) is 0 Å². The summed E-state index contributed by atoms with van der Waals surface area (Å²) in [6.45, 7) is 2.38. The van der Waals surface area contributed by atoms with Crippen molar-refractivity contribution in [1.82, 2.24) is 9.78 Å². The molecule has 0 bridgehead atoms. The third-order valence-corrected chi connectivity index (χ3v) is 3.85. The van der Waals surface area contributed by atoms with Crippen LogP contribution >= 0.6 is 23.2 Å². The zero-order chi connectivity index (χ0) is 16.8. The fourth-order valence-electron chi connectivity index (χ4n) is 2.18. The number of carboxylic acid groups (broad SMARTS) is 1. The van der Waals surface area contributed by atoms with Gasteiger partial charge in [-0.05, 0) is 36.7 Å². The van der Waals surface area contributed by atoms with Gasteiger partial charge in [0.2, 0.25) is 5.78 Å². The molecule has 0 radical (unpaired) electrons. The Morgan fingerprint density at radius 3 is 2.78 bits per heavy atom. The highest BCUT2D eigenvalue weighted by Crippen LogP contribution is 2.46. The zero-order valence-electron chi connectivity index (χ0n) is 11.7. The second-order valence-corrected chi connectivity index (χ2v) is 5.60. The summed E-state index contributed by atoms with van der Waals surface area (Å²) in [6.07, 6.45) is 1.51. The summed E-state index contributed by atoms with van der Waals surface area (Å²) in [6, 6.07) is 4.28. The number of hydrogen-bond donors (Lipinski definition) is 1. The Morgan fingerprint density at radius 2 is 2.13 bits per heavy atom. The molecule has 120 valence electrons. The van der Waals surface area contributed by atoms with Crippen molar-refractivity contribution in [3.05, 3.63) is 40.7 Å². The van der Waals surface area contributed by atoms with Crippen LogP contribution in [0.25, 0.3) is 0 Å². The molecule has 3 rings (SSSR count). The van der Waals surface area contributed by atoms with Crippen molar-refractivity contribution < 1.29 is 24.2 Å². The smallest absolute Gasteiger partial charge is 0.436 e. The first-order valence-corrected chi connectivity index (χ1v) is 7.31. The standard InChI is InChI=1S/C14H10Cl2N2O5/c1-2-18-9(3-4-17-18)11(19)7-5-8(15)12-10(6-7)22-14(16,23-12)13(20)21/h3-6H,2H2,1H3,(H,20,21). The molecular formula is C14H10Cl2N2O5. The minimum Gasteiger partial charge on any atom is -0.474 e. The van der Waals surface area contributed by atoms with Gasteiger partial charge in [0.1, 0.15) is 5.69 Å².